The van der Waals surface area contributed by atoms with Gasteiger partial charge < -0.3 is 9.84 Å². The maximum atomic E-state index is 12.3. The Morgan fingerprint density at radius 3 is 2.50 bits per heavy atom. The van der Waals surface area contributed by atoms with Crippen LogP contribution in [0.15, 0.2) is 11.0 Å². The summed E-state index contributed by atoms with van der Waals surface area (Å²) in [6.45, 7) is 0. The van der Waals surface area contributed by atoms with Crippen LogP contribution in [0.25, 0.3) is 0 Å². The Labute approximate surface area is 89.7 Å². The summed E-state index contributed by atoms with van der Waals surface area (Å²) in [4.78, 5) is 2.52. The molecule has 0 fully saturated rings. The van der Waals surface area contributed by atoms with Crippen LogP contribution in [0.2, 0.25) is 0 Å². The van der Waals surface area contributed by atoms with E-state index in [0.29, 0.717) is 6.07 Å². The molecule has 0 amide bonds. The van der Waals surface area contributed by atoms with Gasteiger partial charge in [-0.1, -0.05) is 0 Å². The van der Waals surface area contributed by atoms with Crippen molar-refractivity contribution in [2.45, 2.75) is 11.3 Å². The smallest absolute Gasteiger partial charge is 0.284 e. The second kappa shape index (κ2) is 4.18. The topological polar surface area (TPSA) is 103 Å². The van der Waals surface area contributed by atoms with E-state index in [1.54, 1.807) is 0 Å². The number of rotatable bonds is 3. The molecule has 9 heteroatoms. The average Bonchev–Trinajstić information content (AvgIpc) is 2.15. The highest BCUT2D eigenvalue weighted by Gasteiger charge is 2.23. The van der Waals surface area contributed by atoms with Gasteiger partial charge in [-0.2, -0.15) is 0 Å². The molecular formula is C7H8F2N2O4S. The highest BCUT2D eigenvalue weighted by atomic mass is 32.2. The molecule has 0 aliphatic heterocycles. The molecule has 0 spiro atoms. The first-order chi connectivity index (χ1) is 7.27. The molecule has 0 saturated heterocycles. The van der Waals surface area contributed by atoms with Gasteiger partial charge in [0.15, 0.2) is 5.69 Å². The van der Waals surface area contributed by atoms with Crippen molar-refractivity contribution in [3.8, 4) is 11.6 Å². The SMILES string of the molecule is COc1nc(C(F)F)c(O)cc1S(N)(=O)=O. The minimum atomic E-state index is -4.20. The van der Waals surface area contributed by atoms with Crippen molar-refractivity contribution in [2.24, 2.45) is 5.14 Å². The second-order valence-electron chi connectivity index (χ2n) is 2.75. The number of hydrogen-bond donors (Lipinski definition) is 2. The molecule has 1 aromatic rings. The van der Waals surface area contributed by atoms with Crippen LogP contribution in [0.4, 0.5) is 8.78 Å². The predicted molar refractivity (Wildman–Crippen MR) is 48.8 cm³/mol. The van der Waals surface area contributed by atoms with E-state index in [4.69, 9.17) is 10.2 Å². The van der Waals surface area contributed by atoms with Gasteiger partial charge in [-0.05, 0) is 0 Å². The first-order valence-electron chi connectivity index (χ1n) is 3.86. The third-order valence-corrected chi connectivity index (χ3v) is 2.58. The Balaban J connectivity index is 3.51. The molecule has 0 unspecified atom stereocenters. The molecular weight excluding hydrogens is 246 g/mol. The van der Waals surface area contributed by atoms with E-state index in [2.05, 4.69) is 9.72 Å². The quantitative estimate of drug-likeness (QED) is 0.811. The first kappa shape index (κ1) is 12.6. The van der Waals surface area contributed by atoms with Crippen LogP contribution in [0, 0.1) is 0 Å². The Hall–Kier alpha value is -1.48. The zero-order valence-corrected chi connectivity index (χ0v) is 8.83. The maximum absolute atomic E-state index is 12.3. The van der Waals surface area contributed by atoms with Gasteiger partial charge >= 0.3 is 0 Å². The Bertz CT molecular complexity index is 503. The minimum absolute atomic E-state index is 0.572. The highest BCUT2D eigenvalue weighted by Crippen LogP contribution is 2.32. The van der Waals surface area contributed by atoms with E-state index in [1.807, 2.05) is 0 Å². The van der Waals surface area contributed by atoms with E-state index >= 15 is 0 Å². The summed E-state index contributed by atoms with van der Waals surface area (Å²) in [6, 6.07) is 0.572. The average molecular weight is 254 g/mol. The number of methoxy groups -OCH3 is 1. The number of alkyl halides is 2. The standard InChI is InChI=1S/C7H8F2N2O4S/c1-15-7-4(16(10,13)14)2-3(12)5(11-7)6(8)9/h2,6,12H,1H3,(H2,10,13,14). The zero-order valence-electron chi connectivity index (χ0n) is 8.02. The number of nitrogens with two attached hydrogens (primary N) is 1. The molecule has 0 saturated carbocycles. The van der Waals surface area contributed by atoms with Gasteiger partial charge in [-0.3, -0.25) is 0 Å². The van der Waals surface area contributed by atoms with Crippen LogP contribution in [-0.4, -0.2) is 25.6 Å². The summed E-state index contributed by atoms with van der Waals surface area (Å²) in [5.41, 5.74) is -0.968. The van der Waals surface area contributed by atoms with Gasteiger partial charge in [0.2, 0.25) is 15.9 Å². The number of hydrogen-bond acceptors (Lipinski definition) is 5. The van der Waals surface area contributed by atoms with Gasteiger partial charge in [-0.25, -0.2) is 27.3 Å². The molecule has 0 aliphatic carbocycles. The molecule has 0 aliphatic rings. The number of ether oxygens (including phenoxy) is 1. The van der Waals surface area contributed by atoms with E-state index in [0.717, 1.165) is 7.11 Å². The summed E-state index contributed by atoms with van der Waals surface area (Å²) in [6.07, 6.45) is -3.05. The normalized spacial score (nSPS) is 11.8. The molecule has 0 atom stereocenters. The van der Waals surface area contributed by atoms with Crippen molar-refractivity contribution in [1.82, 2.24) is 4.98 Å². The van der Waals surface area contributed by atoms with Crippen LogP contribution < -0.4 is 9.88 Å². The van der Waals surface area contributed by atoms with Crippen molar-refractivity contribution in [1.29, 1.82) is 0 Å². The van der Waals surface area contributed by atoms with Crippen LogP contribution >= 0.6 is 0 Å². The Kier molecular flexibility index (Phi) is 3.29. The monoisotopic (exact) mass is 254 g/mol. The molecule has 1 heterocycles. The van der Waals surface area contributed by atoms with Gasteiger partial charge in [0, 0.05) is 6.07 Å². The van der Waals surface area contributed by atoms with Crippen molar-refractivity contribution >= 4 is 10.0 Å². The molecule has 0 bridgehead atoms. The van der Waals surface area contributed by atoms with Crippen molar-refractivity contribution in [2.75, 3.05) is 7.11 Å². The Morgan fingerprint density at radius 1 is 1.56 bits per heavy atom. The van der Waals surface area contributed by atoms with Gasteiger partial charge in [-0.15, -0.1) is 0 Å². The number of aromatic hydroxyl groups is 1. The van der Waals surface area contributed by atoms with E-state index < -0.39 is 38.7 Å². The summed E-state index contributed by atoms with van der Waals surface area (Å²) >= 11 is 0. The zero-order chi connectivity index (χ0) is 12.5. The lowest BCUT2D eigenvalue weighted by Gasteiger charge is -2.09. The number of aromatic nitrogens is 1. The summed E-state index contributed by atoms with van der Waals surface area (Å²) in [7, 11) is -3.16. The fraction of sp³-hybridized carbons (Fsp3) is 0.286. The highest BCUT2D eigenvalue weighted by molar-refractivity contribution is 7.89. The fourth-order valence-corrected chi connectivity index (χ4v) is 1.64. The van der Waals surface area contributed by atoms with Crippen molar-refractivity contribution < 1.29 is 27.0 Å². The Morgan fingerprint density at radius 2 is 2.12 bits per heavy atom. The van der Waals surface area contributed by atoms with Crippen LogP contribution in [0.3, 0.4) is 0 Å². The molecule has 3 N–H and O–H groups in total. The number of sulfonamides is 1. The first-order valence-corrected chi connectivity index (χ1v) is 5.41. The van der Waals surface area contributed by atoms with Crippen molar-refractivity contribution in [3.05, 3.63) is 11.8 Å². The van der Waals surface area contributed by atoms with E-state index in [-0.39, 0.29) is 0 Å². The lowest BCUT2D eigenvalue weighted by molar-refractivity contribution is 0.140. The van der Waals surface area contributed by atoms with Gasteiger partial charge in [0.1, 0.15) is 10.6 Å². The third kappa shape index (κ3) is 2.36. The summed E-state index contributed by atoms with van der Waals surface area (Å²) in [5, 5.41) is 13.9. The molecule has 6 nitrogen and oxygen atoms in total. The van der Waals surface area contributed by atoms with Gasteiger partial charge in [0.25, 0.3) is 6.43 Å². The molecule has 0 aromatic carbocycles. The molecule has 16 heavy (non-hydrogen) atoms. The lowest BCUT2D eigenvalue weighted by Crippen LogP contribution is -2.14. The largest absolute Gasteiger partial charge is 0.506 e. The minimum Gasteiger partial charge on any atom is -0.506 e. The van der Waals surface area contributed by atoms with Crippen LogP contribution in [-0.2, 0) is 10.0 Å². The van der Waals surface area contributed by atoms with E-state index in [9.17, 15) is 17.2 Å². The summed E-state index contributed by atoms with van der Waals surface area (Å²) in [5.74, 6) is -1.55. The molecule has 1 rings (SSSR count). The lowest BCUT2D eigenvalue weighted by atomic mass is 10.3. The van der Waals surface area contributed by atoms with Gasteiger partial charge in [0.05, 0.1) is 7.11 Å². The van der Waals surface area contributed by atoms with E-state index in [1.165, 1.54) is 0 Å². The summed E-state index contributed by atoms with van der Waals surface area (Å²) < 4.78 is 51.1. The third-order valence-electron chi connectivity index (χ3n) is 1.67. The second-order valence-corrected chi connectivity index (χ2v) is 4.28. The number of halogens is 2. The fourth-order valence-electron chi connectivity index (χ4n) is 0.992. The van der Waals surface area contributed by atoms with Crippen LogP contribution in [0.5, 0.6) is 11.6 Å². The maximum Gasteiger partial charge on any atom is 0.284 e. The number of nitrogens with zero attached hydrogens (tertiary/aromatic N) is 1. The predicted octanol–water partition coefficient (Wildman–Crippen LogP) is 0.381. The molecule has 90 valence electrons. The van der Waals surface area contributed by atoms with Crippen LogP contribution in [0.1, 0.15) is 12.1 Å². The molecule has 1 aromatic heterocycles. The number of primary sulfonamides is 1. The van der Waals surface area contributed by atoms with Crippen molar-refractivity contribution in [3.63, 3.8) is 0 Å². The number of pyridine rings is 1. The molecule has 0 radical (unpaired) electrons.